The van der Waals surface area contributed by atoms with Crippen LogP contribution in [-0.2, 0) is 25.6 Å². The van der Waals surface area contributed by atoms with Crippen molar-refractivity contribution in [1.29, 1.82) is 0 Å². The van der Waals surface area contributed by atoms with Gasteiger partial charge in [-0.25, -0.2) is 0 Å². The third-order valence-corrected chi connectivity index (χ3v) is 6.96. The first kappa shape index (κ1) is 26.5. The fourth-order valence-corrected chi connectivity index (χ4v) is 4.78. The molecule has 0 radical (unpaired) electrons. The summed E-state index contributed by atoms with van der Waals surface area (Å²) in [6.45, 7) is 4.14. The molecule has 0 unspecified atom stereocenters. The van der Waals surface area contributed by atoms with Crippen LogP contribution in [0, 0.1) is 5.92 Å². The number of nitrogens with one attached hydrogen (secondary N) is 1. The van der Waals surface area contributed by atoms with Crippen molar-refractivity contribution in [3.05, 3.63) is 48.0 Å². The van der Waals surface area contributed by atoms with Crippen LogP contribution in [0.5, 0.6) is 0 Å². The molecule has 3 N–H and O–H groups in total. The predicted molar refractivity (Wildman–Crippen MR) is 137 cm³/mol. The number of carbonyl (C=O) groups excluding carboxylic acids is 4. The third-order valence-electron chi connectivity index (χ3n) is 6.96. The van der Waals surface area contributed by atoms with Gasteiger partial charge in [0.2, 0.25) is 11.8 Å². The average molecular weight is 480 g/mol. The first-order valence-corrected chi connectivity index (χ1v) is 12.6. The van der Waals surface area contributed by atoms with E-state index in [0.717, 1.165) is 35.6 Å². The summed E-state index contributed by atoms with van der Waals surface area (Å²) in [5.41, 5.74) is 6.55. The van der Waals surface area contributed by atoms with Gasteiger partial charge in [0.15, 0.2) is 11.6 Å². The number of nitrogens with zero attached hydrogens (tertiary/aromatic N) is 1. The van der Waals surface area contributed by atoms with Gasteiger partial charge in [0, 0.05) is 18.9 Å². The van der Waals surface area contributed by atoms with E-state index in [4.69, 9.17) is 5.73 Å². The highest BCUT2D eigenvalue weighted by atomic mass is 16.2. The fraction of sp³-hybridized carbons (Fsp3) is 0.500. The van der Waals surface area contributed by atoms with E-state index in [1.54, 1.807) is 11.8 Å². The highest BCUT2D eigenvalue weighted by Gasteiger charge is 2.36. The first-order valence-electron chi connectivity index (χ1n) is 12.6. The number of hydrogen-bond donors (Lipinski definition) is 2. The highest BCUT2D eigenvalue weighted by molar-refractivity contribution is 5.95. The van der Waals surface area contributed by atoms with Gasteiger partial charge in [-0.1, -0.05) is 48.9 Å². The van der Waals surface area contributed by atoms with E-state index in [2.05, 4.69) is 5.32 Å². The summed E-state index contributed by atoms with van der Waals surface area (Å²) in [5.74, 6) is -1.11. The number of hydrogen-bond acceptors (Lipinski definition) is 5. The van der Waals surface area contributed by atoms with Crippen molar-refractivity contribution in [2.24, 2.45) is 11.7 Å². The second-order valence-corrected chi connectivity index (χ2v) is 9.55. The van der Waals surface area contributed by atoms with Gasteiger partial charge < -0.3 is 16.0 Å². The van der Waals surface area contributed by atoms with Crippen LogP contribution in [0.15, 0.2) is 42.5 Å². The minimum absolute atomic E-state index is 0.0593. The van der Waals surface area contributed by atoms with Crippen LogP contribution in [-0.4, -0.2) is 53.5 Å². The van der Waals surface area contributed by atoms with Gasteiger partial charge in [0.05, 0.1) is 18.5 Å². The number of fused-ring (bicyclic) bond motifs is 1. The van der Waals surface area contributed by atoms with Crippen molar-refractivity contribution in [2.75, 3.05) is 13.1 Å². The van der Waals surface area contributed by atoms with Crippen molar-refractivity contribution in [3.8, 4) is 0 Å². The largest absolute Gasteiger partial charge is 0.346 e. The summed E-state index contributed by atoms with van der Waals surface area (Å²) in [6, 6.07) is 12.8. The molecule has 0 saturated carbocycles. The van der Waals surface area contributed by atoms with Gasteiger partial charge in [-0.05, 0) is 62.4 Å². The molecule has 1 aliphatic rings. The number of unbranched alkanes of at least 4 members (excludes halogenated alkanes) is 1. The Morgan fingerprint density at radius 3 is 2.57 bits per heavy atom. The van der Waals surface area contributed by atoms with Gasteiger partial charge in [-0.15, -0.1) is 0 Å². The Balaban J connectivity index is 1.69. The number of ketones is 2. The van der Waals surface area contributed by atoms with E-state index in [1.807, 2.05) is 42.5 Å². The number of nitrogens with two attached hydrogens (primary N) is 1. The molecule has 1 aliphatic heterocycles. The van der Waals surface area contributed by atoms with E-state index in [0.29, 0.717) is 25.9 Å². The molecule has 35 heavy (non-hydrogen) atoms. The lowest BCUT2D eigenvalue weighted by Crippen LogP contribution is -2.44. The molecule has 188 valence electrons. The van der Waals surface area contributed by atoms with Crippen LogP contribution in [0.3, 0.4) is 0 Å². The normalized spacial score (nSPS) is 17.2. The maximum absolute atomic E-state index is 13.3. The fourth-order valence-electron chi connectivity index (χ4n) is 4.78. The van der Waals surface area contributed by atoms with Crippen molar-refractivity contribution >= 4 is 34.2 Å². The van der Waals surface area contributed by atoms with Crippen molar-refractivity contribution in [1.82, 2.24) is 10.2 Å². The second-order valence-electron chi connectivity index (χ2n) is 9.55. The van der Waals surface area contributed by atoms with Crippen molar-refractivity contribution in [2.45, 2.75) is 70.9 Å². The molecule has 7 heteroatoms. The Hall–Kier alpha value is -3.06. The summed E-state index contributed by atoms with van der Waals surface area (Å²) < 4.78 is 0. The zero-order chi connectivity index (χ0) is 25.4. The monoisotopic (exact) mass is 479 g/mol. The predicted octanol–water partition coefficient (Wildman–Crippen LogP) is 3.17. The lowest BCUT2D eigenvalue weighted by Gasteiger charge is -2.26. The Morgan fingerprint density at radius 1 is 1.09 bits per heavy atom. The molecule has 1 fully saturated rings. The Morgan fingerprint density at radius 2 is 1.83 bits per heavy atom. The van der Waals surface area contributed by atoms with E-state index in [-0.39, 0.29) is 36.2 Å². The van der Waals surface area contributed by atoms with E-state index in [1.165, 1.54) is 6.92 Å². The number of amides is 2. The van der Waals surface area contributed by atoms with Crippen LogP contribution in [0.4, 0.5) is 0 Å². The summed E-state index contributed by atoms with van der Waals surface area (Å²) in [7, 11) is 0. The number of carbonyl (C=O) groups is 4. The topological polar surface area (TPSA) is 110 Å². The van der Waals surface area contributed by atoms with Crippen molar-refractivity contribution < 1.29 is 19.2 Å². The molecule has 2 aromatic rings. The molecule has 0 aromatic heterocycles. The van der Waals surface area contributed by atoms with Gasteiger partial charge in [0.25, 0.3) is 0 Å². The lowest BCUT2D eigenvalue weighted by atomic mass is 9.91. The molecule has 0 spiro atoms. The van der Waals surface area contributed by atoms with Crippen LogP contribution >= 0.6 is 0 Å². The van der Waals surface area contributed by atoms with Crippen molar-refractivity contribution in [3.63, 3.8) is 0 Å². The molecule has 3 rings (SSSR count). The van der Waals surface area contributed by atoms with E-state index in [9.17, 15) is 19.2 Å². The van der Waals surface area contributed by atoms with Gasteiger partial charge in [0.1, 0.15) is 0 Å². The zero-order valence-corrected chi connectivity index (χ0v) is 20.8. The molecule has 1 heterocycles. The molecule has 1 saturated heterocycles. The number of likely N-dealkylation sites (tertiary alicyclic amines) is 1. The SMILES string of the molecule is CC(=O)[C@H](C)NC(=O)[C@H](CCCCN)CC(=O)[C@@H]1CCCN1C(=O)Cc1cccc2ccccc12. The van der Waals surface area contributed by atoms with Crippen LogP contribution in [0.2, 0.25) is 0 Å². The van der Waals surface area contributed by atoms with Gasteiger partial charge >= 0.3 is 0 Å². The smallest absolute Gasteiger partial charge is 0.227 e. The zero-order valence-electron chi connectivity index (χ0n) is 20.8. The third kappa shape index (κ3) is 6.98. The Labute approximate surface area is 207 Å². The van der Waals surface area contributed by atoms with E-state index >= 15 is 0 Å². The molecule has 7 nitrogen and oxygen atoms in total. The highest BCUT2D eigenvalue weighted by Crippen LogP contribution is 2.25. The summed E-state index contributed by atoms with van der Waals surface area (Å²) in [4.78, 5) is 52.7. The second kappa shape index (κ2) is 12.6. The summed E-state index contributed by atoms with van der Waals surface area (Å²) >= 11 is 0. The molecular formula is C28H37N3O4. The minimum atomic E-state index is -0.597. The first-order chi connectivity index (χ1) is 16.8. The lowest BCUT2D eigenvalue weighted by molar-refractivity contribution is -0.138. The molecule has 0 bridgehead atoms. The van der Waals surface area contributed by atoms with E-state index < -0.39 is 18.0 Å². The average Bonchev–Trinajstić information content (AvgIpc) is 3.34. The minimum Gasteiger partial charge on any atom is -0.346 e. The summed E-state index contributed by atoms with van der Waals surface area (Å²) in [6.07, 6.45) is 3.69. The number of Topliss-reactive ketones (excluding diaryl/α,β-unsaturated/α-hetero) is 2. The van der Waals surface area contributed by atoms with Gasteiger partial charge in [-0.3, -0.25) is 19.2 Å². The molecule has 2 amide bonds. The van der Waals surface area contributed by atoms with Crippen LogP contribution in [0.1, 0.15) is 57.9 Å². The number of rotatable bonds is 12. The molecule has 2 aromatic carbocycles. The van der Waals surface area contributed by atoms with Crippen LogP contribution in [0.25, 0.3) is 10.8 Å². The summed E-state index contributed by atoms with van der Waals surface area (Å²) in [5, 5.41) is 4.86. The Kier molecular flexibility index (Phi) is 9.55. The van der Waals surface area contributed by atoms with Crippen LogP contribution < -0.4 is 11.1 Å². The number of benzene rings is 2. The Bertz CT molecular complexity index is 1060. The standard InChI is InChI=1S/C28H37N3O4/c1-19(20(2)32)30-28(35)23(10-5-6-15-29)17-26(33)25-14-8-16-31(25)27(34)18-22-12-7-11-21-9-3-4-13-24(21)22/h3-4,7,9,11-13,19,23,25H,5-6,8,10,14-18,29H2,1-2H3,(H,30,35)/t19-,23+,25-/m0/s1. The molecule has 0 aliphatic carbocycles. The quantitative estimate of drug-likeness (QED) is 0.455. The molecular weight excluding hydrogens is 442 g/mol. The maximum Gasteiger partial charge on any atom is 0.227 e. The van der Waals surface area contributed by atoms with Gasteiger partial charge in [-0.2, -0.15) is 0 Å². The maximum atomic E-state index is 13.3. The molecule has 3 atom stereocenters.